The van der Waals surface area contributed by atoms with Crippen molar-refractivity contribution in [3.8, 4) is 0 Å². The van der Waals surface area contributed by atoms with E-state index in [0.717, 1.165) is 0 Å². The summed E-state index contributed by atoms with van der Waals surface area (Å²) < 4.78 is 0. The Morgan fingerprint density at radius 1 is 0.909 bits per heavy atom. The first-order valence-electron chi connectivity index (χ1n) is 3.82. The van der Waals surface area contributed by atoms with Gasteiger partial charge in [-0.2, -0.15) is 0 Å². The summed E-state index contributed by atoms with van der Waals surface area (Å²) in [5.74, 6) is 0. The number of nitrogens with two attached hydrogens (primary N) is 4. The Morgan fingerprint density at radius 2 is 1.27 bits per heavy atom. The van der Waals surface area contributed by atoms with Crippen LogP contribution in [0.15, 0.2) is 0 Å². The third-order valence-corrected chi connectivity index (χ3v) is 1.42. The second kappa shape index (κ2) is 6.51. The van der Waals surface area contributed by atoms with Crippen LogP contribution in [0.1, 0.15) is 0 Å². The van der Waals surface area contributed by atoms with Gasteiger partial charge in [-0.3, -0.25) is 0 Å². The van der Waals surface area contributed by atoms with E-state index >= 15 is 0 Å². The van der Waals surface area contributed by atoms with Crippen LogP contribution < -0.4 is 28.3 Å². The van der Waals surface area contributed by atoms with Gasteiger partial charge in [-0.05, 0) is 0 Å². The van der Waals surface area contributed by atoms with Crippen LogP contribution >= 0.6 is 0 Å². The molecule has 9 N–H and O–H groups in total. The third-order valence-electron chi connectivity index (χ3n) is 1.42. The van der Waals surface area contributed by atoms with Gasteiger partial charge >= 0.3 is 0 Å². The zero-order valence-electron chi connectivity index (χ0n) is 6.79. The largest absolute Gasteiger partial charge is 0.329 e. The number of rotatable bonds is 6. The van der Waals surface area contributed by atoms with E-state index in [1.807, 2.05) is 0 Å². The fraction of sp³-hybridized carbons (Fsp3) is 1.00. The van der Waals surface area contributed by atoms with Crippen molar-refractivity contribution in [2.45, 2.75) is 12.1 Å². The minimum atomic E-state index is 0.0139. The van der Waals surface area contributed by atoms with Crippen LogP contribution in [0.4, 0.5) is 0 Å². The molecule has 0 aromatic rings. The molecule has 5 nitrogen and oxygen atoms in total. The summed E-state index contributed by atoms with van der Waals surface area (Å²) in [5, 5.41) is 3.08. The van der Waals surface area contributed by atoms with Crippen LogP contribution in [-0.2, 0) is 0 Å². The molecule has 0 aromatic carbocycles. The predicted octanol–water partition coefficient (Wildman–Crippen LogP) is -2.85. The van der Waals surface area contributed by atoms with Gasteiger partial charge in [0, 0.05) is 38.3 Å². The zero-order valence-corrected chi connectivity index (χ0v) is 6.79. The Labute approximate surface area is 67.5 Å². The molecule has 2 unspecified atom stereocenters. The maximum absolute atomic E-state index is 5.54. The summed E-state index contributed by atoms with van der Waals surface area (Å²) in [7, 11) is 0. The molecule has 0 radical (unpaired) electrons. The first kappa shape index (κ1) is 10.8. The molecule has 0 saturated heterocycles. The van der Waals surface area contributed by atoms with E-state index in [1.165, 1.54) is 0 Å². The van der Waals surface area contributed by atoms with Gasteiger partial charge in [0.15, 0.2) is 0 Å². The van der Waals surface area contributed by atoms with Crippen molar-refractivity contribution in [3.05, 3.63) is 0 Å². The molecule has 11 heavy (non-hydrogen) atoms. The van der Waals surface area contributed by atoms with Gasteiger partial charge in [-0.15, -0.1) is 0 Å². The van der Waals surface area contributed by atoms with Crippen molar-refractivity contribution in [3.63, 3.8) is 0 Å². The maximum Gasteiger partial charge on any atom is 0.0290 e. The first-order chi connectivity index (χ1) is 5.20. The van der Waals surface area contributed by atoms with Gasteiger partial charge < -0.3 is 28.3 Å². The second-order valence-electron chi connectivity index (χ2n) is 2.65. The summed E-state index contributed by atoms with van der Waals surface area (Å²) >= 11 is 0. The van der Waals surface area contributed by atoms with Crippen LogP contribution in [0.5, 0.6) is 0 Å². The van der Waals surface area contributed by atoms with Crippen LogP contribution in [0.3, 0.4) is 0 Å². The standard InChI is InChI=1S/C6H19N5/c7-1-5(9)3-11-4-6(10)2-8/h5-6,11H,1-4,7-10H2. The summed E-state index contributed by atoms with van der Waals surface area (Å²) in [6.45, 7) is 2.38. The highest BCUT2D eigenvalue weighted by Crippen LogP contribution is 1.72. The van der Waals surface area contributed by atoms with E-state index in [2.05, 4.69) is 5.32 Å². The molecule has 2 atom stereocenters. The van der Waals surface area contributed by atoms with Crippen molar-refractivity contribution in [1.29, 1.82) is 0 Å². The fourth-order valence-corrected chi connectivity index (χ4v) is 0.621. The highest BCUT2D eigenvalue weighted by molar-refractivity contribution is 4.69. The molecule has 0 spiro atoms. The van der Waals surface area contributed by atoms with Crippen molar-refractivity contribution >= 4 is 0 Å². The van der Waals surface area contributed by atoms with Gasteiger partial charge in [-0.1, -0.05) is 0 Å². The molecule has 68 valence electrons. The van der Waals surface area contributed by atoms with Crippen molar-refractivity contribution in [2.24, 2.45) is 22.9 Å². The minimum Gasteiger partial charge on any atom is -0.329 e. The Morgan fingerprint density at radius 3 is 1.55 bits per heavy atom. The monoisotopic (exact) mass is 161 g/mol. The molecule has 0 aliphatic carbocycles. The quantitative estimate of drug-likeness (QED) is 0.287. The van der Waals surface area contributed by atoms with E-state index in [0.29, 0.717) is 26.2 Å². The molecular formula is C6H19N5. The van der Waals surface area contributed by atoms with E-state index in [9.17, 15) is 0 Å². The van der Waals surface area contributed by atoms with E-state index in [1.54, 1.807) is 0 Å². The van der Waals surface area contributed by atoms with Crippen LogP contribution in [-0.4, -0.2) is 38.3 Å². The SMILES string of the molecule is NCC(N)CNCC(N)CN. The lowest BCUT2D eigenvalue weighted by molar-refractivity contribution is 0.537. The lowest BCUT2D eigenvalue weighted by Gasteiger charge is -2.13. The van der Waals surface area contributed by atoms with Crippen molar-refractivity contribution in [1.82, 2.24) is 5.32 Å². The molecule has 0 aliphatic heterocycles. The molecule has 0 aromatic heterocycles. The zero-order chi connectivity index (χ0) is 8.69. The van der Waals surface area contributed by atoms with Gasteiger partial charge in [0.05, 0.1) is 0 Å². The average molecular weight is 161 g/mol. The molecule has 0 saturated carbocycles. The van der Waals surface area contributed by atoms with Gasteiger partial charge in [0.2, 0.25) is 0 Å². The molecule has 0 aliphatic rings. The number of hydrogen-bond acceptors (Lipinski definition) is 5. The minimum absolute atomic E-state index is 0.0139. The fourth-order valence-electron chi connectivity index (χ4n) is 0.621. The smallest absolute Gasteiger partial charge is 0.0290 e. The van der Waals surface area contributed by atoms with E-state index in [4.69, 9.17) is 22.9 Å². The van der Waals surface area contributed by atoms with Gasteiger partial charge in [0.1, 0.15) is 0 Å². The first-order valence-corrected chi connectivity index (χ1v) is 3.82. The average Bonchev–Trinajstić information content (AvgIpc) is 2.04. The lowest BCUT2D eigenvalue weighted by Crippen LogP contribution is -2.45. The molecule has 0 fully saturated rings. The molecular weight excluding hydrogens is 142 g/mol. The highest BCUT2D eigenvalue weighted by atomic mass is 14.9. The van der Waals surface area contributed by atoms with Gasteiger partial charge in [-0.25, -0.2) is 0 Å². The predicted molar refractivity (Wildman–Crippen MR) is 46.9 cm³/mol. The summed E-state index contributed by atoms with van der Waals surface area (Å²) in [6, 6.07) is 0.0277. The maximum atomic E-state index is 5.54. The van der Waals surface area contributed by atoms with E-state index in [-0.39, 0.29) is 12.1 Å². The summed E-state index contributed by atoms with van der Waals surface area (Å²) in [4.78, 5) is 0. The molecule has 0 rings (SSSR count). The molecule has 0 bridgehead atoms. The van der Waals surface area contributed by atoms with Crippen LogP contribution in [0, 0.1) is 0 Å². The van der Waals surface area contributed by atoms with Crippen molar-refractivity contribution in [2.75, 3.05) is 26.2 Å². The Hall–Kier alpha value is -0.200. The number of nitrogens with one attached hydrogen (secondary N) is 1. The Bertz CT molecular complexity index is 77.0. The highest BCUT2D eigenvalue weighted by Gasteiger charge is 2.00. The van der Waals surface area contributed by atoms with Crippen LogP contribution in [0.2, 0.25) is 0 Å². The summed E-state index contributed by atoms with van der Waals surface area (Å²) in [5.41, 5.74) is 21.7. The topological polar surface area (TPSA) is 116 Å². The Kier molecular flexibility index (Phi) is 6.39. The summed E-state index contributed by atoms with van der Waals surface area (Å²) in [6.07, 6.45) is 0. The van der Waals surface area contributed by atoms with E-state index < -0.39 is 0 Å². The molecule has 5 heteroatoms. The molecule has 0 amide bonds. The second-order valence-corrected chi connectivity index (χ2v) is 2.65. The Balaban J connectivity index is 3.13. The molecule has 0 heterocycles. The van der Waals surface area contributed by atoms with Crippen molar-refractivity contribution < 1.29 is 0 Å². The third kappa shape index (κ3) is 6.21. The number of hydrogen-bond donors (Lipinski definition) is 5. The van der Waals surface area contributed by atoms with Gasteiger partial charge in [0.25, 0.3) is 0 Å². The lowest BCUT2D eigenvalue weighted by atomic mass is 10.3. The van der Waals surface area contributed by atoms with Crippen LogP contribution in [0.25, 0.3) is 0 Å². The normalized spacial score (nSPS) is 16.4.